The zero-order chi connectivity index (χ0) is 17.0. The van der Waals surface area contributed by atoms with Crippen LogP contribution in [0.4, 0.5) is 10.1 Å². The molecule has 0 saturated carbocycles. The smallest absolute Gasteiger partial charge is 0.234 e. The topological polar surface area (TPSA) is 85.4 Å². The highest BCUT2D eigenvalue weighted by atomic mass is 19.1. The molecule has 3 heterocycles. The molecular weight excluding hydrogens is 313 g/mol. The number of amides is 2. The monoisotopic (exact) mass is 331 g/mol. The number of carbonyl (C=O) groups excluding carboxylic acids is 2. The fourth-order valence-corrected chi connectivity index (χ4v) is 3.66. The predicted molar refractivity (Wildman–Crippen MR) is 86.2 cm³/mol. The Morgan fingerprint density at radius 1 is 1.38 bits per heavy atom. The number of halogens is 1. The van der Waals surface area contributed by atoms with Crippen molar-refractivity contribution in [2.24, 2.45) is 0 Å². The van der Waals surface area contributed by atoms with Crippen molar-refractivity contribution >= 4 is 28.4 Å². The molecule has 0 aliphatic carbocycles. The molecule has 2 aromatic rings. The Bertz CT molecular complexity index is 847. The second-order valence-corrected chi connectivity index (χ2v) is 6.52. The molecule has 0 spiro atoms. The fourth-order valence-electron chi connectivity index (χ4n) is 3.66. The van der Waals surface area contributed by atoms with Crippen LogP contribution in [0.15, 0.2) is 18.3 Å². The molecule has 4 rings (SSSR count). The van der Waals surface area contributed by atoms with Crippen LogP contribution in [0.5, 0.6) is 0 Å². The third kappa shape index (κ3) is 2.11. The Hall–Kier alpha value is -2.41. The molecule has 1 aromatic carbocycles. The summed E-state index contributed by atoms with van der Waals surface area (Å²) in [5.41, 5.74) is 1.75. The Morgan fingerprint density at radius 3 is 2.83 bits per heavy atom. The molecule has 126 valence electrons. The average molecular weight is 331 g/mol. The average Bonchev–Trinajstić information content (AvgIpc) is 3.02. The summed E-state index contributed by atoms with van der Waals surface area (Å²) in [5, 5.41) is 12.7. The van der Waals surface area contributed by atoms with Gasteiger partial charge >= 0.3 is 0 Å². The molecule has 7 heteroatoms. The van der Waals surface area contributed by atoms with Gasteiger partial charge in [0.2, 0.25) is 11.8 Å². The minimum atomic E-state index is -0.672. The highest BCUT2D eigenvalue weighted by Gasteiger charge is 2.37. The number of hydrogen-bond acceptors (Lipinski definition) is 4. The van der Waals surface area contributed by atoms with Crippen molar-refractivity contribution < 1.29 is 19.1 Å². The van der Waals surface area contributed by atoms with Crippen LogP contribution in [0.2, 0.25) is 0 Å². The summed E-state index contributed by atoms with van der Waals surface area (Å²) in [7, 11) is 0. The molecule has 3 N–H and O–H groups in total. The third-order valence-corrected chi connectivity index (χ3v) is 5.14. The number of aliphatic hydroxyl groups excluding tert-OH is 1. The highest BCUT2D eigenvalue weighted by Crippen LogP contribution is 2.39. The van der Waals surface area contributed by atoms with Crippen LogP contribution in [-0.4, -0.2) is 40.6 Å². The minimum Gasteiger partial charge on any atom is -0.389 e. The number of hydrogen-bond donors (Lipinski definition) is 3. The molecular formula is C17H18FN3O3. The summed E-state index contributed by atoms with van der Waals surface area (Å²) < 4.78 is 14.9. The van der Waals surface area contributed by atoms with Gasteiger partial charge in [-0.3, -0.25) is 14.9 Å². The summed E-state index contributed by atoms with van der Waals surface area (Å²) in [5.74, 6) is -1.90. The maximum absolute atomic E-state index is 14.9. The van der Waals surface area contributed by atoms with Crippen LogP contribution in [-0.2, 0) is 9.59 Å². The first-order valence-corrected chi connectivity index (χ1v) is 8.05. The number of carbonyl (C=O) groups is 2. The van der Waals surface area contributed by atoms with Crippen LogP contribution in [0, 0.1) is 5.82 Å². The Balaban J connectivity index is 1.81. The second-order valence-electron chi connectivity index (χ2n) is 6.52. The summed E-state index contributed by atoms with van der Waals surface area (Å²) in [6.45, 7) is 2.33. The summed E-state index contributed by atoms with van der Waals surface area (Å²) in [4.78, 5) is 28.5. The van der Waals surface area contributed by atoms with E-state index in [4.69, 9.17) is 0 Å². The van der Waals surface area contributed by atoms with E-state index in [0.29, 0.717) is 29.6 Å². The standard InChI is InChI=1S/C17H18FN3O3/c1-8-13(22)7-21(8)12-6-11(18)15(9-4-5-19-16(9)12)10-2-3-14(23)20-17(10)24/h4-6,8,10,13,19,22H,2-3,7H2,1H3,(H,20,23,24)/t8-,10?,13-/m1/s1. The van der Waals surface area contributed by atoms with Gasteiger partial charge in [-0.2, -0.15) is 0 Å². The number of rotatable bonds is 2. The number of nitrogens with one attached hydrogen (secondary N) is 2. The summed E-state index contributed by atoms with van der Waals surface area (Å²) >= 11 is 0. The Labute approximate surface area is 137 Å². The number of piperidine rings is 1. The van der Waals surface area contributed by atoms with Crippen molar-refractivity contribution in [2.45, 2.75) is 37.8 Å². The molecule has 1 aromatic heterocycles. The van der Waals surface area contributed by atoms with Crippen molar-refractivity contribution in [3.8, 4) is 0 Å². The van der Waals surface area contributed by atoms with Gasteiger partial charge in [-0.1, -0.05) is 0 Å². The number of nitrogens with zero attached hydrogens (tertiary/aromatic N) is 1. The SMILES string of the molecule is C[C@@H]1[C@H](O)CN1c1cc(F)c(C2CCC(=O)NC2=O)c2cc[nH]c12. The second kappa shape index (κ2) is 5.31. The normalized spacial score (nSPS) is 27.3. The third-order valence-electron chi connectivity index (χ3n) is 5.14. The van der Waals surface area contributed by atoms with Gasteiger partial charge in [0.25, 0.3) is 0 Å². The lowest BCUT2D eigenvalue weighted by molar-refractivity contribution is -0.134. The quantitative estimate of drug-likeness (QED) is 0.726. The molecule has 3 atom stereocenters. The van der Waals surface area contributed by atoms with E-state index >= 15 is 0 Å². The number of aromatic amines is 1. The summed E-state index contributed by atoms with van der Waals surface area (Å²) in [6, 6.07) is 3.08. The van der Waals surface area contributed by atoms with E-state index in [-0.39, 0.29) is 18.4 Å². The molecule has 2 aliphatic rings. The number of benzene rings is 1. The maximum Gasteiger partial charge on any atom is 0.234 e. The highest BCUT2D eigenvalue weighted by molar-refractivity contribution is 6.04. The van der Waals surface area contributed by atoms with Crippen molar-refractivity contribution in [2.75, 3.05) is 11.4 Å². The van der Waals surface area contributed by atoms with Gasteiger partial charge in [-0.25, -0.2) is 4.39 Å². The first kappa shape index (κ1) is 15.1. The van der Waals surface area contributed by atoms with Gasteiger partial charge in [-0.15, -0.1) is 0 Å². The lowest BCUT2D eigenvalue weighted by atomic mass is 9.87. The van der Waals surface area contributed by atoms with Crippen LogP contribution in [0.25, 0.3) is 10.9 Å². The van der Waals surface area contributed by atoms with E-state index < -0.39 is 23.7 Å². The zero-order valence-electron chi connectivity index (χ0n) is 13.2. The van der Waals surface area contributed by atoms with E-state index in [1.807, 2.05) is 11.8 Å². The van der Waals surface area contributed by atoms with Crippen LogP contribution in [0.3, 0.4) is 0 Å². The predicted octanol–water partition coefficient (Wildman–Crippen LogP) is 1.40. The van der Waals surface area contributed by atoms with Gasteiger partial charge < -0.3 is 15.0 Å². The molecule has 2 amide bonds. The number of anilines is 1. The molecule has 0 bridgehead atoms. The molecule has 2 saturated heterocycles. The van der Waals surface area contributed by atoms with E-state index in [0.717, 1.165) is 5.52 Å². The summed E-state index contributed by atoms with van der Waals surface area (Å²) in [6.07, 6.45) is 1.80. The van der Waals surface area contributed by atoms with E-state index in [2.05, 4.69) is 10.3 Å². The number of aromatic nitrogens is 1. The lowest BCUT2D eigenvalue weighted by Gasteiger charge is -2.45. The van der Waals surface area contributed by atoms with Crippen LogP contribution < -0.4 is 10.2 Å². The van der Waals surface area contributed by atoms with Crippen molar-refractivity contribution in [3.05, 3.63) is 29.7 Å². The molecule has 6 nitrogen and oxygen atoms in total. The molecule has 2 aliphatic heterocycles. The van der Waals surface area contributed by atoms with Gasteiger partial charge in [0, 0.05) is 30.1 Å². The number of imide groups is 1. The minimum absolute atomic E-state index is 0.0858. The largest absolute Gasteiger partial charge is 0.389 e. The lowest BCUT2D eigenvalue weighted by Crippen LogP contribution is -2.58. The van der Waals surface area contributed by atoms with Crippen molar-refractivity contribution in [1.82, 2.24) is 10.3 Å². The van der Waals surface area contributed by atoms with Gasteiger partial charge in [0.1, 0.15) is 5.82 Å². The van der Waals surface area contributed by atoms with E-state index in [1.54, 1.807) is 12.3 Å². The van der Waals surface area contributed by atoms with Gasteiger partial charge in [-0.05, 0) is 25.5 Å². The first-order valence-electron chi connectivity index (χ1n) is 8.05. The van der Waals surface area contributed by atoms with Crippen LogP contribution >= 0.6 is 0 Å². The number of aliphatic hydroxyl groups is 1. The van der Waals surface area contributed by atoms with Crippen molar-refractivity contribution in [3.63, 3.8) is 0 Å². The molecule has 0 radical (unpaired) electrons. The van der Waals surface area contributed by atoms with E-state index in [9.17, 15) is 19.1 Å². The number of fused-ring (bicyclic) bond motifs is 1. The Kier molecular flexibility index (Phi) is 3.35. The Morgan fingerprint density at radius 2 is 2.17 bits per heavy atom. The van der Waals surface area contributed by atoms with Gasteiger partial charge in [0.05, 0.1) is 29.3 Å². The number of H-pyrrole nitrogens is 1. The van der Waals surface area contributed by atoms with Crippen LogP contribution in [0.1, 0.15) is 31.2 Å². The zero-order valence-corrected chi connectivity index (χ0v) is 13.2. The molecule has 1 unspecified atom stereocenters. The van der Waals surface area contributed by atoms with E-state index in [1.165, 1.54) is 6.07 Å². The number of β-amino-alcohol motifs (C(OH)–C–C–N with tert-alkyl or cyclic N) is 1. The maximum atomic E-state index is 14.9. The first-order chi connectivity index (χ1) is 11.5. The molecule has 2 fully saturated rings. The van der Waals surface area contributed by atoms with Crippen molar-refractivity contribution in [1.29, 1.82) is 0 Å². The fraction of sp³-hybridized carbons (Fsp3) is 0.412. The van der Waals surface area contributed by atoms with Gasteiger partial charge in [0.15, 0.2) is 0 Å². The molecule has 24 heavy (non-hydrogen) atoms.